The number of carboxylic acid groups (broad SMARTS) is 1. The fraction of sp³-hybridized carbons (Fsp3) is 0.214. The van der Waals surface area contributed by atoms with E-state index >= 15 is 0 Å². The second-order valence-electron chi connectivity index (χ2n) is 8.38. The molecule has 0 heterocycles. The first-order valence-electron chi connectivity index (χ1n) is 10.9. The molecule has 0 unspecified atom stereocenters. The van der Waals surface area contributed by atoms with Crippen molar-refractivity contribution in [3.63, 3.8) is 0 Å². The van der Waals surface area contributed by atoms with Crippen molar-refractivity contribution in [2.45, 2.75) is 25.7 Å². The van der Waals surface area contributed by atoms with Gasteiger partial charge in [-0.2, -0.15) is 0 Å². The monoisotopic (exact) mass is 425 g/mol. The smallest absolute Gasteiger partial charge is 0.308 e. The number of hydrogen-bond acceptors (Lipinski definition) is 2. The maximum absolute atomic E-state index is 13.7. The molecular formula is C28H27NO3. The van der Waals surface area contributed by atoms with E-state index in [1.54, 1.807) is 0 Å². The van der Waals surface area contributed by atoms with Gasteiger partial charge in [-0.25, -0.2) is 0 Å². The van der Waals surface area contributed by atoms with E-state index in [0.29, 0.717) is 0 Å². The number of anilines is 1. The van der Waals surface area contributed by atoms with Gasteiger partial charge < -0.3 is 10.4 Å². The Labute approximate surface area is 188 Å². The molecule has 3 aromatic rings. The SMILES string of the molecule is Cc1cccc(NC(=O)[C@H]2[C@H](C(=O)O)[C@@H](c3ccccc3)C=C[C@H]2c2ccccc2)c1C. The number of allylic oxidation sites excluding steroid dienone is 2. The maximum Gasteiger partial charge on any atom is 0.308 e. The van der Waals surface area contributed by atoms with Gasteiger partial charge in [0.05, 0.1) is 11.8 Å². The fourth-order valence-corrected chi connectivity index (χ4v) is 4.65. The van der Waals surface area contributed by atoms with Crippen molar-refractivity contribution in [3.05, 3.63) is 113 Å². The number of carboxylic acids is 1. The van der Waals surface area contributed by atoms with Crippen molar-refractivity contribution in [1.82, 2.24) is 0 Å². The molecule has 162 valence electrons. The van der Waals surface area contributed by atoms with Crippen molar-refractivity contribution in [2.24, 2.45) is 11.8 Å². The average molecular weight is 426 g/mol. The highest BCUT2D eigenvalue weighted by Crippen LogP contribution is 2.45. The van der Waals surface area contributed by atoms with Gasteiger partial charge in [0.2, 0.25) is 5.91 Å². The van der Waals surface area contributed by atoms with E-state index in [0.717, 1.165) is 27.9 Å². The lowest BCUT2D eigenvalue weighted by Gasteiger charge is -2.37. The molecule has 3 aromatic carbocycles. The summed E-state index contributed by atoms with van der Waals surface area (Å²) in [7, 11) is 0. The number of carbonyl (C=O) groups is 2. The number of nitrogens with one attached hydrogen (secondary N) is 1. The minimum absolute atomic E-state index is 0.273. The predicted octanol–water partition coefficient (Wildman–Crippen LogP) is 5.70. The van der Waals surface area contributed by atoms with Crippen LogP contribution in [0, 0.1) is 25.7 Å². The first-order valence-corrected chi connectivity index (χ1v) is 10.9. The topological polar surface area (TPSA) is 66.4 Å². The molecular weight excluding hydrogens is 398 g/mol. The van der Waals surface area contributed by atoms with Crippen molar-refractivity contribution in [1.29, 1.82) is 0 Å². The standard InChI is InChI=1S/C28H27NO3/c1-18-10-9-15-24(19(18)2)29-27(30)25-22(20-11-5-3-6-12-20)16-17-23(26(25)28(31)32)21-13-7-4-8-14-21/h3-17,22-23,25-26H,1-2H3,(H,29,30)(H,31,32)/t22-,23+,25+,26+/m0/s1. The average Bonchev–Trinajstić information content (AvgIpc) is 2.82. The zero-order chi connectivity index (χ0) is 22.7. The Morgan fingerprint density at radius 2 is 1.25 bits per heavy atom. The highest BCUT2D eigenvalue weighted by Gasteiger charge is 2.46. The molecule has 0 radical (unpaired) electrons. The number of carbonyl (C=O) groups excluding carboxylic acids is 1. The lowest BCUT2D eigenvalue weighted by molar-refractivity contribution is -0.147. The van der Waals surface area contributed by atoms with Crippen LogP contribution in [-0.4, -0.2) is 17.0 Å². The molecule has 0 saturated heterocycles. The summed E-state index contributed by atoms with van der Waals surface area (Å²) in [5, 5.41) is 13.3. The summed E-state index contributed by atoms with van der Waals surface area (Å²) < 4.78 is 0. The van der Waals surface area contributed by atoms with E-state index in [1.807, 2.05) is 105 Å². The Morgan fingerprint density at radius 3 is 1.78 bits per heavy atom. The van der Waals surface area contributed by atoms with Crippen LogP contribution in [0.1, 0.15) is 34.1 Å². The van der Waals surface area contributed by atoms with Gasteiger partial charge >= 0.3 is 5.97 Å². The second kappa shape index (κ2) is 9.23. The molecule has 1 aliphatic carbocycles. The van der Waals surface area contributed by atoms with Crippen LogP contribution in [0.15, 0.2) is 91.0 Å². The molecule has 0 spiro atoms. The van der Waals surface area contributed by atoms with E-state index in [-0.39, 0.29) is 17.7 Å². The van der Waals surface area contributed by atoms with Gasteiger partial charge in [-0.3, -0.25) is 9.59 Å². The molecule has 0 aliphatic heterocycles. The van der Waals surface area contributed by atoms with Crippen LogP contribution in [0.4, 0.5) is 5.69 Å². The van der Waals surface area contributed by atoms with Gasteiger partial charge in [-0.1, -0.05) is 84.9 Å². The van der Waals surface area contributed by atoms with Crippen molar-refractivity contribution in [2.75, 3.05) is 5.32 Å². The van der Waals surface area contributed by atoms with Crippen LogP contribution in [0.5, 0.6) is 0 Å². The summed E-state index contributed by atoms with van der Waals surface area (Å²) in [6, 6.07) is 25.0. The van der Waals surface area contributed by atoms with Crippen LogP contribution in [0.2, 0.25) is 0 Å². The van der Waals surface area contributed by atoms with E-state index in [9.17, 15) is 14.7 Å². The molecule has 4 heteroatoms. The normalized spacial score (nSPS) is 22.3. The molecule has 32 heavy (non-hydrogen) atoms. The third-order valence-corrected chi connectivity index (χ3v) is 6.51. The maximum atomic E-state index is 13.7. The molecule has 0 fully saturated rings. The van der Waals surface area contributed by atoms with Gasteiger partial charge in [-0.05, 0) is 42.2 Å². The number of aliphatic carboxylic acids is 1. The third-order valence-electron chi connectivity index (χ3n) is 6.51. The summed E-state index contributed by atoms with van der Waals surface area (Å²) >= 11 is 0. The minimum atomic E-state index is -0.967. The molecule has 4 nitrogen and oxygen atoms in total. The zero-order valence-corrected chi connectivity index (χ0v) is 18.2. The molecule has 1 aliphatic rings. The third kappa shape index (κ3) is 4.22. The second-order valence-corrected chi connectivity index (χ2v) is 8.38. The van der Waals surface area contributed by atoms with Crippen LogP contribution < -0.4 is 5.32 Å². The van der Waals surface area contributed by atoms with Crippen molar-refractivity contribution in [3.8, 4) is 0 Å². The number of amides is 1. The van der Waals surface area contributed by atoms with Crippen LogP contribution >= 0.6 is 0 Å². The van der Waals surface area contributed by atoms with E-state index in [2.05, 4.69) is 5.32 Å². The Morgan fingerprint density at radius 1 is 0.719 bits per heavy atom. The first kappa shape index (κ1) is 21.6. The molecule has 2 N–H and O–H groups in total. The summed E-state index contributed by atoms with van der Waals surface area (Å²) in [5.74, 6) is -3.61. The molecule has 0 saturated carbocycles. The largest absolute Gasteiger partial charge is 0.481 e. The zero-order valence-electron chi connectivity index (χ0n) is 18.2. The van der Waals surface area contributed by atoms with Gasteiger partial charge in [-0.15, -0.1) is 0 Å². The van der Waals surface area contributed by atoms with E-state index in [1.165, 1.54) is 0 Å². The molecule has 1 amide bonds. The first-order chi connectivity index (χ1) is 15.5. The lowest BCUT2D eigenvalue weighted by atomic mass is 9.66. The highest BCUT2D eigenvalue weighted by atomic mass is 16.4. The Kier molecular flexibility index (Phi) is 6.22. The Hall–Kier alpha value is -3.66. The van der Waals surface area contributed by atoms with E-state index < -0.39 is 17.8 Å². The predicted molar refractivity (Wildman–Crippen MR) is 127 cm³/mol. The van der Waals surface area contributed by atoms with Gasteiger partial charge in [0.1, 0.15) is 0 Å². The summed E-state index contributed by atoms with van der Waals surface area (Å²) in [5.41, 5.74) is 4.60. The number of rotatable bonds is 5. The van der Waals surface area contributed by atoms with Gasteiger partial charge in [0.25, 0.3) is 0 Å². The van der Waals surface area contributed by atoms with Crippen molar-refractivity contribution >= 4 is 17.6 Å². The Balaban J connectivity index is 1.79. The number of benzene rings is 3. The van der Waals surface area contributed by atoms with Gasteiger partial charge in [0.15, 0.2) is 0 Å². The fourth-order valence-electron chi connectivity index (χ4n) is 4.65. The molecule has 0 aromatic heterocycles. The van der Waals surface area contributed by atoms with E-state index in [4.69, 9.17) is 0 Å². The van der Waals surface area contributed by atoms with Gasteiger partial charge in [0, 0.05) is 17.5 Å². The number of hydrogen-bond donors (Lipinski definition) is 2. The number of aryl methyl sites for hydroxylation is 1. The molecule has 4 rings (SSSR count). The lowest BCUT2D eigenvalue weighted by Crippen LogP contribution is -2.42. The van der Waals surface area contributed by atoms with Crippen LogP contribution in [0.3, 0.4) is 0 Å². The molecule has 0 bridgehead atoms. The summed E-state index contributed by atoms with van der Waals surface area (Å²) in [6.45, 7) is 3.95. The summed E-state index contributed by atoms with van der Waals surface area (Å²) in [6.07, 6.45) is 3.95. The molecule has 4 atom stereocenters. The Bertz CT molecular complexity index is 1140. The van der Waals surface area contributed by atoms with Crippen LogP contribution in [0.25, 0.3) is 0 Å². The van der Waals surface area contributed by atoms with Crippen LogP contribution in [-0.2, 0) is 9.59 Å². The summed E-state index contributed by atoms with van der Waals surface area (Å²) in [4.78, 5) is 26.3. The minimum Gasteiger partial charge on any atom is -0.481 e. The quantitative estimate of drug-likeness (QED) is 0.516. The highest BCUT2D eigenvalue weighted by molar-refractivity contribution is 5.97. The van der Waals surface area contributed by atoms with Crippen molar-refractivity contribution < 1.29 is 14.7 Å².